The number of benzene rings is 1. The molecule has 1 aliphatic rings. The molecule has 1 heterocycles. The van der Waals surface area contributed by atoms with E-state index in [2.05, 4.69) is 6.58 Å². The Labute approximate surface area is 133 Å². The third-order valence-electron chi connectivity index (χ3n) is 3.24. The molecule has 0 unspecified atom stereocenters. The summed E-state index contributed by atoms with van der Waals surface area (Å²) in [6, 6.07) is 8.32. The normalized spacial score (nSPS) is 14.1. The summed E-state index contributed by atoms with van der Waals surface area (Å²) in [7, 11) is 0. The van der Waals surface area contributed by atoms with Gasteiger partial charge in [0.15, 0.2) is 0 Å². The SMILES string of the molecule is C=CCN1C(=O)C(=O)N(CCOc2ccc(CC#N)cc2)C1=O. The minimum atomic E-state index is -0.857. The van der Waals surface area contributed by atoms with E-state index in [1.807, 2.05) is 6.07 Å². The summed E-state index contributed by atoms with van der Waals surface area (Å²) in [5.41, 5.74) is 0.871. The van der Waals surface area contributed by atoms with E-state index in [-0.39, 0.29) is 19.7 Å². The van der Waals surface area contributed by atoms with Gasteiger partial charge in [0.25, 0.3) is 0 Å². The van der Waals surface area contributed by atoms with Crippen LogP contribution in [-0.4, -0.2) is 47.3 Å². The standard InChI is InChI=1S/C16H15N3O4/c1-2-9-18-14(20)15(21)19(16(18)22)10-11-23-13-5-3-12(4-6-13)7-8-17/h2-6H,1,7,9-11H2. The van der Waals surface area contributed by atoms with E-state index < -0.39 is 17.8 Å². The molecule has 0 atom stereocenters. The fraction of sp³-hybridized carbons (Fsp3) is 0.250. The molecule has 7 nitrogen and oxygen atoms in total. The maximum absolute atomic E-state index is 12.0. The number of rotatable bonds is 7. The number of imide groups is 2. The molecule has 23 heavy (non-hydrogen) atoms. The zero-order valence-corrected chi connectivity index (χ0v) is 12.4. The summed E-state index contributed by atoms with van der Waals surface area (Å²) in [4.78, 5) is 37.0. The highest BCUT2D eigenvalue weighted by atomic mass is 16.5. The average Bonchev–Trinajstić information content (AvgIpc) is 2.75. The lowest BCUT2D eigenvalue weighted by Crippen LogP contribution is -2.36. The van der Waals surface area contributed by atoms with Gasteiger partial charge >= 0.3 is 17.8 Å². The first-order valence-corrected chi connectivity index (χ1v) is 6.95. The predicted octanol–water partition coefficient (Wildman–Crippen LogP) is 1.11. The summed E-state index contributed by atoms with van der Waals surface area (Å²) < 4.78 is 5.45. The maximum Gasteiger partial charge on any atom is 0.334 e. The molecule has 0 saturated carbocycles. The van der Waals surface area contributed by atoms with Gasteiger partial charge in [-0.05, 0) is 17.7 Å². The average molecular weight is 313 g/mol. The molecule has 0 aliphatic carbocycles. The van der Waals surface area contributed by atoms with Crippen molar-refractivity contribution < 1.29 is 19.1 Å². The van der Waals surface area contributed by atoms with E-state index in [4.69, 9.17) is 10.00 Å². The molecule has 1 aliphatic heterocycles. The van der Waals surface area contributed by atoms with Crippen LogP contribution < -0.4 is 4.74 Å². The number of hydrogen-bond donors (Lipinski definition) is 0. The van der Waals surface area contributed by atoms with E-state index in [0.717, 1.165) is 15.4 Å². The molecule has 0 aromatic heterocycles. The lowest BCUT2D eigenvalue weighted by atomic mass is 10.2. The molecule has 118 valence electrons. The third-order valence-corrected chi connectivity index (χ3v) is 3.24. The predicted molar refractivity (Wildman–Crippen MR) is 80.3 cm³/mol. The van der Waals surface area contributed by atoms with Gasteiger partial charge in [0, 0.05) is 6.54 Å². The van der Waals surface area contributed by atoms with Crippen LogP contribution in [0.3, 0.4) is 0 Å². The second-order valence-corrected chi connectivity index (χ2v) is 4.77. The number of hydrogen-bond acceptors (Lipinski definition) is 5. The molecule has 0 N–H and O–H groups in total. The second kappa shape index (κ2) is 7.22. The van der Waals surface area contributed by atoms with Gasteiger partial charge in [0.1, 0.15) is 12.4 Å². The molecule has 1 aromatic carbocycles. The fourth-order valence-electron chi connectivity index (χ4n) is 2.09. The Bertz CT molecular complexity index is 676. The van der Waals surface area contributed by atoms with Crippen molar-refractivity contribution in [3.63, 3.8) is 0 Å². The van der Waals surface area contributed by atoms with Crippen LogP contribution in [0.1, 0.15) is 5.56 Å². The number of carbonyl (C=O) groups excluding carboxylic acids is 3. The van der Waals surface area contributed by atoms with E-state index in [9.17, 15) is 14.4 Å². The highest BCUT2D eigenvalue weighted by Crippen LogP contribution is 2.14. The fourth-order valence-corrected chi connectivity index (χ4v) is 2.09. The molecule has 2 rings (SSSR count). The van der Waals surface area contributed by atoms with Crippen LogP contribution in [0.2, 0.25) is 0 Å². The Balaban J connectivity index is 1.89. The zero-order valence-electron chi connectivity index (χ0n) is 12.4. The number of nitrogens with zero attached hydrogens (tertiary/aromatic N) is 3. The van der Waals surface area contributed by atoms with Gasteiger partial charge in [-0.25, -0.2) is 4.79 Å². The molecule has 0 spiro atoms. The number of amides is 4. The first kappa shape index (κ1) is 16.2. The van der Waals surface area contributed by atoms with Crippen molar-refractivity contribution in [2.24, 2.45) is 0 Å². The highest BCUT2D eigenvalue weighted by molar-refractivity contribution is 6.44. The van der Waals surface area contributed by atoms with Crippen molar-refractivity contribution in [3.8, 4) is 11.8 Å². The van der Waals surface area contributed by atoms with Crippen LogP contribution in [0.5, 0.6) is 5.75 Å². The summed E-state index contributed by atoms with van der Waals surface area (Å²) in [6.45, 7) is 3.50. The van der Waals surface area contributed by atoms with Crippen molar-refractivity contribution in [1.29, 1.82) is 5.26 Å². The molecule has 1 fully saturated rings. The summed E-state index contributed by atoms with van der Waals surface area (Å²) >= 11 is 0. The number of nitriles is 1. The Morgan fingerprint density at radius 3 is 2.39 bits per heavy atom. The lowest BCUT2D eigenvalue weighted by Gasteiger charge is -2.14. The minimum absolute atomic E-state index is 0.00111. The first-order valence-electron chi connectivity index (χ1n) is 6.95. The van der Waals surface area contributed by atoms with Crippen LogP contribution in [0.25, 0.3) is 0 Å². The van der Waals surface area contributed by atoms with Gasteiger partial charge in [-0.1, -0.05) is 18.2 Å². The number of urea groups is 1. The lowest BCUT2D eigenvalue weighted by molar-refractivity contribution is -0.143. The quantitative estimate of drug-likeness (QED) is 0.427. The topological polar surface area (TPSA) is 90.7 Å². The Morgan fingerprint density at radius 1 is 1.13 bits per heavy atom. The smallest absolute Gasteiger partial charge is 0.334 e. The summed E-state index contributed by atoms with van der Waals surface area (Å²) in [6.07, 6.45) is 1.70. The van der Waals surface area contributed by atoms with E-state index in [0.29, 0.717) is 12.2 Å². The van der Waals surface area contributed by atoms with E-state index in [1.54, 1.807) is 24.3 Å². The third kappa shape index (κ3) is 3.55. The molecular weight excluding hydrogens is 298 g/mol. The monoisotopic (exact) mass is 313 g/mol. The molecule has 1 saturated heterocycles. The van der Waals surface area contributed by atoms with Gasteiger partial charge < -0.3 is 4.74 Å². The summed E-state index contributed by atoms with van der Waals surface area (Å²) in [5.74, 6) is -1.15. The highest BCUT2D eigenvalue weighted by Gasteiger charge is 2.43. The van der Waals surface area contributed by atoms with Gasteiger partial charge in [0.05, 0.1) is 19.0 Å². The Morgan fingerprint density at radius 2 is 1.78 bits per heavy atom. The molecule has 1 aromatic rings. The van der Waals surface area contributed by atoms with Crippen LogP contribution in [0, 0.1) is 11.3 Å². The van der Waals surface area contributed by atoms with Gasteiger partial charge in [-0.2, -0.15) is 5.26 Å². The minimum Gasteiger partial charge on any atom is -0.492 e. The van der Waals surface area contributed by atoms with Crippen LogP contribution in [0.4, 0.5) is 4.79 Å². The molecule has 0 radical (unpaired) electrons. The van der Waals surface area contributed by atoms with Crippen molar-refractivity contribution in [2.45, 2.75) is 6.42 Å². The van der Waals surface area contributed by atoms with E-state index in [1.165, 1.54) is 6.08 Å². The maximum atomic E-state index is 12.0. The van der Waals surface area contributed by atoms with Crippen molar-refractivity contribution in [2.75, 3.05) is 19.7 Å². The largest absolute Gasteiger partial charge is 0.492 e. The van der Waals surface area contributed by atoms with Crippen molar-refractivity contribution in [3.05, 3.63) is 42.5 Å². The zero-order chi connectivity index (χ0) is 16.8. The van der Waals surface area contributed by atoms with E-state index >= 15 is 0 Å². The van der Waals surface area contributed by atoms with Gasteiger partial charge in [0.2, 0.25) is 0 Å². The number of carbonyl (C=O) groups is 3. The molecule has 7 heteroatoms. The van der Waals surface area contributed by atoms with Crippen LogP contribution >= 0.6 is 0 Å². The van der Waals surface area contributed by atoms with Crippen molar-refractivity contribution >= 4 is 17.8 Å². The summed E-state index contributed by atoms with van der Waals surface area (Å²) in [5, 5.41) is 8.59. The second-order valence-electron chi connectivity index (χ2n) is 4.77. The first-order chi connectivity index (χ1) is 11.1. The Hall–Kier alpha value is -3.14. The molecule has 4 amide bonds. The molecular formula is C16H15N3O4. The molecule has 0 bridgehead atoms. The van der Waals surface area contributed by atoms with Gasteiger partial charge in [-0.15, -0.1) is 6.58 Å². The Kier molecular flexibility index (Phi) is 5.10. The van der Waals surface area contributed by atoms with Crippen LogP contribution in [-0.2, 0) is 16.0 Å². The van der Waals surface area contributed by atoms with Gasteiger partial charge in [-0.3, -0.25) is 19.4 Å². The van der Waals surface area contributed by atoms with Crippen LogP contribution in [0.15, 0.2) is 36.9 Å². The number of ether oxygens (including phenoxy) is 1. The van der Waals surface area contributed by atoms with Crippen molar-refractivity contribution in [1.82, 2.24) is 9.80 Å².